The van der Waals surface area contributed by atoms with E-state index in [0.717, 1.165) is 11.3 Å². The van der Waals surface area contributed by atoms with Gasteiger partial charge in [-0.15, -0.1) is 22.7 Å². The molecule has 4 aromatic carbocycles. The lowest BCUT2D eigenvalue weighted by Gasteiger charge is -2.25. The summed E-state index contributed by atoms with van der Waals surface area (Å²) in [6.07, 6.45) is 0. The third-order valence-corrected chi connectivity index (χ3v) is 11.8. The van der Waals surface area contributed by atoms with Crippen LogP contribution in [0.4, 0.5) is 0 Å². The van der Waals surface area contributed by atoms with Gasteiger partial charge in [0.05, 0.1) is 13.7 Å². The molecule has 4 heteroatoms. The fourth-order valence-corrected chi connectivity index (χ4v) is 10.4. The molecule has 0 spiro atoms. The standard InChI is InChI=1S/C36H32O2S2/c1-17-12-26-33(39-17)29-19(16-37)14-24-20-8-11-23-25(21(20)9-10-22(24)31(29)35(26,3)4)15-28(38-7)30-32(23)36(5,6)27-13-18(2)40-34(27)30/h8-15,37H,16H2,1-7H3. The van der Waals surface area contributed by atoms with E-state index in [1.54, 1.807) is 7.11 Å². The second-order valence-corrected chi connectivity index (χ2v) is 15.2. The van der Waals surface area contributed by atoms with E-state index in [1.807, 2.05) is 22.7 Å². The zero-order valence-corrected chi connectivity index (χ0v) is 25.6. The van der Waals surface area contributed by atoms with E-state index >= 15 is 0 Å². The molecule has 0 saturated carbocycles. The number of aliphatic hydroxyl groups excluding tert-OH is 1. The highest BCUT2D eigenvalue weighted by Gasteiger charge is 2.42. The van der Waals surface area contributed by atoms with Crippen LogP contribution in [0.1, 0.15) is 65.3 Å². The molecule has 2 aromatic heterocycles. The monoisotopic (exact) mass is 560 g/mol. The van der Waals surface area contributed by atoms with E-state index in [0.29, 0.717) is 0 Å². The minimum atomic E-state index is -0.118. The topological polar surface area (TPSA) is 29.5 Å². The Hall–Kier alpha value is -3.18. The van der Waals surface area contributed by atoms with Gasteiger partial charge in [0.15, 0.2) is 0 Å². The molecular weight excluding hydrogens is 529 g/mol. The largest absolute Gasteiger partial charge is 0.496 e. The molecule has 40 heavy (non-hydrogen) atoms. The number of hydrogen-bond donors (Lipinski definition) is 1. The first-order valence-electron chi connectivity index (χ1n) is 14.0. The highest BCUT2D eigenvalue weighted by atomic mass is 32.1. The fourth-order valence-electron chi connectivity index (χ4n) is 7.87. The lowest BCUT2D eigenvalue weighted by Crippen LogP contribution is -2.16. The predicted octanol–water partition coefficient (Wildman–Crippen LogP) is 10.00. The number of thiophene rings is 2. The number of ether oxygens (including phenoxy) is 1. The molecule has 0 fully saturated rings. The molecule has 2 aliphatic rings. The zero-order chi connectivity index (χ0) is 27.9. The lowest BCUT2D eigenvalue weighted by atomic mass is 9.78. The molecule has 2 heterocycles. The van der Waals surface area contributed by atoms with Gasteiger partial charge < -0.3 is 9.84 Å². The maximum absolute atomic E-state index is 10.6. The maximum Gasteiger partial charge on any atom is 0.128 e. The number of aryl methyl sites for hydroxylation is 2. The number of rotatable bonds is 2. The lowest BCUT2D eigenvalue weighted by molar-refractivity contribution is 0.282. The molecule has 1 N–H and O–H groups in total. The first kappa shape index (κ1) is 24.6. The van der Waals surface area contributed by atoms with Gasteiger partial charge in [-0.3, -0.25) is 0 Å². The number of aliphatic hydroxyl groups is 1. The van der Waals surface area contributed by atoms with Crippen LogP contribution in [0.3, 0.4) is 0 Å². The van der Waals surface area contributed by atoms with E-state index in [4.69, 9.17) is 4.74 Å². The van der Waals surface area contributed by atoms with Crippen LogP contribution in [0, 0.1) is 13.8 Å². The van der Waals surface area contributed by atoms with Gasteiger partial charge >= 0.3 is 0 Å². The first-order valence-corrected chi connectivity index (χ1v) is 15.6. The minimum Gasteiger partial charge on any atom is -0.496 e. The Balaban J connectivity index is 1.48. The van der Waals surface area contributed by atoms with E-state index < -0.39 is 0 Å². The molecule has 8 rings (SSSR count). The fraction of sp³-hybridized carbons (Fsp3) is 0.278. The minimum absolute atomic E-state index is 0.0338. The van der Waals surface area contributed by atoms with Crippen molar-refractivity contribution in [2.75, 3.05) is 7.11 Å². The van der Waals surface area contributed by atoms with Crippen molar-refractivity contribution in [2.45, 2.75) is 59.0 Å². The Kier molecular flexibility index (Phi) is 4.77. The van der Waals surface area contributed by atoms with Crippen LogP contribution in [0.25, 0.3) is 53.2 Å². The Bertz CT molecular complexity index is 1950. The number of hydrogen-bond acceptors (Lipinski definition) is 4. The SMILES string of the molecule is COc1cc2c(ccc3c4cc(CO)c5c(c4ccc23)C(C)(C)c2cc(C)sc2-5)c2c1-c1sc(C)cc1C2(C)C. The van der Waals surface area contributed by atoms with E-state index in [1.165, 1.54) is 85.2 Å². The molecule has 0 amide bonds. The molecule has 2 nitrogen and oxygen atoms in total. The average Bonchev–Trinajstić information content (AvgIpc) is 3.62. The van der Waals surface area contributed by atoms with Crippen molar-refractivity contribution < 1.29 is 9.84 Å². The van der Waals surface area contributed by atoms with Crippen molar-refractivity contribution in [2.24, 2.45) is 0 Å². The average molecular weight is 561 g/mol. The molecule has 0 aliphatic heterocycles. The third kappa shape index (κ3) is 2.82. The molecule has 6 aromatic rings. The van der Waals surface area contributed by atoms with Gasteiger partial charge in [0.1, 0.15) is 5.75 Å². The summed E-state index contributed by atoms with van der Waals surface area (Å²) in [5, 5.41) is 18.1. The number of benzene rings is 4. The van der Waals surface area contributed by atoms with Crippen LogP contribution in [-0.2, 0) is 17.4 Å². The molecule has 0 bridgehead atoms. The Morgan fingerprint density at radius 1 is 0.650 bits per heavy atom. The van der Waals surface area contributed by atoms with Gasteiger partial charge in [-0.2, -0.15) is 0 Å². The molecule has 200 valence electrons. The van der Waals surface area contributed by atoms with Gasteiger partial charge in [-0.05, 0) is 98.2 Å². The summed E-state index contributed by atoms with van der Waals surface area (Å²) in [6, 6.07) is 18.5. The smallest absolute Gasteiger partial charge is 0.128 e. The summed E-state index contributed by atoms with van der Waals surface area (Å²) in [6.45, 7) is 13.8. The van der Waals surface area contributed by atoms with Crippen LogP contribution in [0.2, 0.25) is 0 Å². The highest BCUT2D eigenvalue weighted by Crippen LogP contribution is 2.59. The van der Waals surface area contributed by atoms with Crippen molar-refractivity contribution in [3.8, 4) is 26.6 Å². The van der Waals surface area contributed by atoms with Gasteiger partial charge in [0.25, 0.3) is 0 Å². The Morgan fingerprint density at radius 2 is 1.12 bits per heavy atom. The zero-order valence-electron chi connectivity index (χ0n) is 24.0. The summed E-state index contributed by atoms with van der Waals surface area (Å²) >= 11 is 3.73. The summed E-state index contributed by atoms with van der Waals surface area (Å²) in [7, 11) is 1.80. The molecule has 0 saturated heterocycles. The summed E-state index contributed by atoms with van der Waals surface area (Å²) < 4.78 is 6.10. The Labute approximate surface area is 242 Å². The van der Waals surface area contributed by atoms with Crippen LogP contribution in [0.15, 0.2) is 48.5 Å². The second kappa shape index (κ2) is 7.76. The normalized spacial score (nSPS) is 16.0. The molecular formula is C36H32O2S2. The van der Waals surface area contributed by atoms with Crippen LogP contribution < -0.4 is 4.74 Å². The molecule has 2 aliphatic carbocycles. The van der Waals surface area contributed by atoms with E-state index in [9.17, 15) is 5.11 Å². The quantitative estimate of drug-likeness (QED) is 0.214. The van der Waals surface area contributed by atoms with Crippen LogP contribution in [-0.4, -0.2) is 12.2 Å². The van der Waals surface area contributed by atoms with Crippen molar-refractivity contribution >= 4 is 55.0 Å². The highest BCUT2D eigenvalue weighted by molar-refractivity contribution is 7.16. The number of fused-ring (bicyclic) bond motifs is 13. The van der Waals surface area contributed by atoms with E-state index in [2.05, 4.69) is 90.1 Å². The van der Waals surface area contributed by atoms with Crippen molar-refractivity contribution in [3.05, 3.63) is 86.1 Å². The van der Waals surface area contributed by atoms with Crippen molar-refractivity contribution in [1.29, 1.82) is 0 Å². The predicted molar refractivity (Wildman–Crippen MR) is 172 cm³/mol. The third-order valence-electron chi connectivity index (χ3n) is 9.64. The second-order valence-electron chi connectivity index (χ2n) is 12.6. The van der Waals surface area contributed by atoms with Crippen LogP contribution >= 0.6 is 22.7 Å². The van der Waals surface area contributed by atoms with Crippen LogP contribution in [0.5, 0.6) is 5.75 Å². The van der Waals surface area contributed by atoms with Crippen molar-refractivity contribution in [3.63, 3.8) is 0 Å². The Morgan fingerprint density at radius 3 is 1.65 bits per heavy atom. The maximum atomic E-state index is 10.6. The van der Waals surface area contributed by atoms with Crippen molar-refractivity contribution in [1.82, 2.24) is 0 Å². The molecule has 0 atom stereocenters. The summed E-state index contributed by atoms with van der Waals surface area (Å²) in [5.74, 6) is 0.953. The first-order chi connectivity index (χ1) is 19.1. The molecule has 0 unspecified atom stereocenters. The van der Waals surface area contributed by atoms with E-state index in [-0.39, 0.29) is 17.4 Å². The van der Waals surface area contributed by atoms with Gasteiger partial charge in [0, 0.05) is 41.5 Å². The van der Waals surface area contributed by atoms with Gasteiger partial charge in [-0.1, -0.05) is 52.0 Å². The number of methoxy groups -OCH3 is 1. The summed E-state index contributed by atoms with van der Waals surface area (Å²) in [5.41, 5.74) is 8.83. The summed E-state index contributed by atoms with van der Waals surface area (Å²) in [4.78, 5) is 5.34. The van der Waals surface area contributed by atoms with Gasteiger partial charge in [0.2, 0.25) is 0 Å². The molecule has 0 radical (unpaired) electrons. The van der Waals surface area contributed by atoms with Gasteiger partial charge in [-0.25, -0.2) is 0 Å².